The lowest BCUT2D eigenvalue weighted by Crippen LogP contribution is -2.15. The summed E-state index contributed by atoms with van der Waals surface area (Å²) in [6, 6.07) is 0. The van der Waals surface area contributed by atoms with Gasteiger partial charge in [0.2, 0.25) is 9.99 Å². The van der Waals surface area contributed by atoms with Gasteiger partial charge in [-0.05, 0) is 0 Å². The van der Waals surface area contributed by atoms with Crippen molar-refractivity contribution in [1.29, 1.82) is 0 Å². The molecule has 3 nitrogen and oxygen atoms in total. The molecular weight excluding hydrogens is 128 g/mol. The molecule has 7 heavy (non-hydrogen) atoms. The zero-order chi connectivity index (χ0) is 6.08. The van der Waals surface area contributed by atoms with Crippen molar-refractivity contribution in [3.05, 3.63) is 0 Å². The van der Waals surface area contributed by atoms with E-state index in [4.69, 9.17) is 4.55 Å². The minimum Gasteiger partial charge on any atom is -0.298 e. The second kappa shape index (κ2) is 1.73. The van der Waals surface area contributed by atoms with Crippen LogP contribution in [0.4, 0.5) is 8.78 Å². The molecule has 1 atom stereocenters. The fourth-order valence-corrected chi connectivity index (χ4v) is 0. The van der Waals surface area contributed by atoms with Gasteiger partial charge in [-0.15, -0.1) is 0 Å². The summed E-state index contributed by atoms with van der Waals surface area (Å²) in [6.07, 6.45) is 0. The van der Waals surface area contributed by atoms with Gasteiger partial charge in [-0.2, -0.15) is 8.78 Å². The van der Waals surface area contributed by atoms with Crippen LogP contribution < -0.4 is 5.14 Å². The van der Waals surface area contributed by atoms with Gasteiger partial charge in [0.25, 0.3) is 0 Å². The zero-order valence-electron chi connectivity index (χ0n) is 3.10. The monoisotopic (exact) mass is 131 g/mol. The van der Waals surface area contributed by atoms with Crippen molar-refractivity contribution in [3.63, 3.8) is 0 Å². The lowest BCUT2D eigenvalue weighted by atomic mass is 11.7. The molecule has 0 amide bonds. The maximum Gasteiger partial charge on any atom is 0.360 e. The van der Waals surface area contributed by atoms with E-state index < -0.39 is 15.4 Å². The third kappa shape index (κ3) is 2.49. The van der Waals surface area contributed by atoms with Crippen molar-refractivity contribution in [1.82, 2.24) is 0 Å². The lowest BCUT2D eigenvalue weighted by Gasteiger charge is -1.85. The normalized spacial score (nSPS) is 18.3. The molecule has 0 rings (SSSR count). The molecule has 0 aliphatic carbocycles. The molecule has 44 valence electrons. The van der Waals surface area contributed by atoms with Crippen molar-refractivity contribution >= 4 is 15.4 Å². The summed E-state index contributed by atoms with van der Waals surface area (Å²) >= 11 is 0. The highest BCUT2D eigenvalue weighted by Crippen LogP contribution is 1.82. The summed E-state index contributed by atoms with van der Waals surface area (Å²) < 4.78 is 38.7. The highest BCUT2D eigenvalue weighted by molar-refractivity contribution is 7.94. The largest absolute Gasteiger partial charge is 0.360 e. The summed E-state index contributed by atoms with van der Waals surface area (Å²) in [5.41, 5.74) is 0. The quantitative estimate of drug-likeness (QED) is 0.348. The Morgan fingerprint density at radius 2 is 1.86 bits per heavy atom. The molecule has 0 fully saturated rings. The molecule has 0 saturated carbocycles. The van der Waals surface area contributed by atoms with Crippen molar-refractivity contribution in [2.24, 2.45) is 5.14 Å². The first-order chi connectivity index (χ1) is 2.94. The van der Waals surface area contributed by atoms with Crippen LogP contribution in [0.25, 0.3) is 0 Å². The van der Waals surface area contributed by atoms with Crippen molar-refractivity contribution < 1.29 is 17.5 Å². The first-order valence-electron chi connectivity index (χ1n) is 1.17. The molecule has 0 heterocycles. The van der Waals surface area contributed by atoms with Gasteiger partial charge < -0.3 is 0 Å². The van der Waals surface area contributed by atoms with Crippen LogP contribution in [0.5, 0.6) is 0 Å². The van der Waals surface area contributed by atoms with E-state index in [-0.39, 0.29) is 0 Å². The molecule has 0 aromatic rings. The minimum absolute atomic E-state index is 2.65. The van der Waals surface area contributed by atoms with E-state index in [1.165, 1.54) is 0 Å². The van der Waals surface area contributed by atoms with Gasteiger partial charge in [0.1, 0.15) is 0 Å². The second-order valence-corrected chi connectivity index (χ2v) is 2.24. The molecule has 0 saturated heterocycles. The maximum absolute atomic E-state index is 10.8. The molecule has 6 heteroatoms. The van der Waals surface area contributed by atoms with Crippen LogP contribution in [0.3, 0.4) is 0 Å². The van der Waals surface area contributed by atoms with Crippen LogP contribution in [0, 0.1) is 0 Å². The molecule has 0 aliphatic rings. The Morgan fingerprint density at radius 3 is 1.86 bits per heavy atom. The van der Waals surface area contributed by atoms with Crippen LogP contribution in [-0.4, -0.2) is 14.1 Å². The number of halogens is 2. The van der Waals surface area contributed by atoms with E-state index in [2.05, 4.69) is 5.14 Å². The Kier molecular flexibility index (Phi) is 1.68. The molecule has 0 bridgehead atoms. The summed E-state index contributed by atoms with van der Waals surface area (Å²) in [4.78, 5) is 0. The van der Waals surface area contributed by atoms with E-state index >= 15 is 0 Å². The SMILES string of the molecule is NS(=O)(O)=C(F)F. The average molecular weight is 131 g/mol. The van der Waals surface area contributed by atoms with Gasteiger partial charge in [0.15, 0.2) is 0 Å². The predicted molar refractivity (Wildman–Crippen MR) is 22.2 cm³/mol. The van der Waals surface area contributed by atoms with Crippen LogP contribution in [0.1, 0.15) is 0 Å². The summed E-state index contributed by atoms with van der Waals surface area (Å²) in [5, 5.41) is 1.33. The minimum atomic E-state index is -4.41. The van der Waals surface area contributed by atoms with Crippen LogP contribution in [0.2, 0.25) is 0 Å². The van der Waals surface area contributed by atoms with E-state index in [0.717, 1.165) is 0 Å². The van der Waals surface area contributed by atoms with Crippen molar-refractivity contribution in [3.8, 4) is 0 Å². The third-order valence-electron chi connectivity index (χ3n) is 0.221. The summed E-state index contributed by atoms with van der Waals surface area (Å²) in [6.45, 7) is 0. The fraction of sp³-hybridized carbons (Fsp3) is 0. The van der Waals surface area contributed by atoms with E-state index in [1.54, 1.807) is 0 Å². The van der Waals surface area contributed by atoms with Crippen LogP contribution in [-0.2, 0) is 9.99 Å². The van der Waals surface area contributed by atoms with Crippen LogP contribution in [0.15, 0.2) is 0 Å². The summed E-state index contributed by atoms with van der Waals surface area (Å²) in [5.74, 6) is 0. The molecule has 0 aliphatic heterocycles. The van der Waals surface area contributed by atoms with E-state index in [0.29, 0.717) is 0 Å². The highest BCUT2D eigenvalue weighted by Gasteiger charge is 2.01. The number of nitrogens with two attached hydrogens (primary N) is 1. The Balaban J connectivity index is 4.67. The first kappa shape index (κ1) is 6.80. The van der Waals surface area contributed by atoms with E-state index in [9.17, 15) is 13.0 Å². The highest BCUT2D eigenvalue weighted by atomic mass is 32.2. The molecular formula is CH3F2NO2S. The Bertz CT molecular complexity index is 157. The van der Waals surface area contributed by atoms with Gasteiger partial charge >= 0.3 is 5.37 Å². The molecule has 0 spiro atoms. The van der Waals surface area contributed by atoms with Gasteiger partial charge in [-0.3, -0.25) is 4.55 Å². The first-order valence-corrected chi connectivity index (χ1v) is 2.75. The number of hydrogen-bond donors (Lipinski definition) is 2. The Labute approximate surface area is 39.1 Å². The maximum atomic E-state index is 10.8. The van der Waals surface area contributed by atoms with Crippen molar-refractivity contribution in [2.45, 2.75) is 0 Å². The number of hydrogen-bond acceptors (Lipinski definition) is 1. The van der Waals surface area contributed by atoms with Gasteiger partial charge in [0, 0.05) is 0 Å². The van der Waals surface area contributed by atoms with Crippen molar-refractivity contribution in [2.75, 3.05) is 0 Å². The standard InChI is InChI=1S/CH3F2NO2S/c2-1(3)7(4,5)6/h(H3,4,5,6). The van der Waals surface area contributed by atoms with Gasteiger partial charge in [-0.25, -0.2) is 9.35 Å². The predicted octanol–water partition coefficient (Wildman–Crippen LogP) is -0.356. The van der Waals surface area contributed by atoms with Gasteiger partial charge in [0.05, 0.1) is 0 Å². The van der Waals surface area contributed by atoms with Crippen LogP contribution >= 0.6 is 0 Å². The zero-order valence-corrected chi connectivity index (χ0v) is 3.91. The average Bonchev–Trinajstić information content (AvgIpc) is 1.31. The molecule has 0 aromatic heterocycles. The molecule has 1 unspecified atom stereocenters. The summed E-state index contributed by atoms with van der Waals surface area (Å²) in [7, 11) is -4.41. The van der Waals surface area contributed by atoms with Gasteiger partial charge in [-0.1, -0.05) is 0 Å². The topological polar surface area (TPSA) is 63.3 Å². The fourth-order valence-electron chi connectivity index (χ4n) is 0. The molecule has 3 N–H and O–H groups in total. The third-order valence-corrected chi connectivity index (χ3v) is 0.663. The Morgan fingerprint density at radius 1 is 1.71 bits per heavy atom. The van der Waals surface area contributed by atoms with E-state index in [1.807, 2.05) is 0 Å². The number of rotatable bonds is 0. The molecule has 0 aromatic carbocycles. The second-order valence-electron chi connectivity index (χ2n) is 0.794. The Hall–Kier alpha value is -0.200. The smallest absolute Gasteiger partial charge is 0.298 e. The lowest BCUT2D eigenvalue weighted by molar-refractivity contribution is 0.544. The molecule has 0 radical (unpaired) electrons.